The second kappa shape index (κ2) is 8.76. The van der Waals surface area contributed by atoms with E-state index in [9.17, 15) is 4.79 Å². The zero-order valence-electron chi connectivity index (χ0n) is 16.9. The molecule has 1 aromatic heterocycles. The Balaban J connectivity index is 1.54. The predicted octanol–water partition coefficient (Wildman–Crippen LogP) is 5.09. The normalized spacial score (nSPS) is 20.1. The molecule has 1 fully saturated rings. The van der Waals surface area contributed by atoms with Crippen molar-refractivity contribution in [3.63, 3.8) is 0 Å². The summed E-state index contributed by atoms with van der Waals surface area (Å²) in [4.78, 5) is 20.2. The molecule has 0 unspecified atom stereocenters. The Hall–Kier alpha value is -2.36. The molecular formula is C24H31N3O. The van der Waals surface area contributed by atoms with Crippen molar-refractivity contribution in [3.05, 3.63) is 47.5 Å². The summed E-state index contributed by atoms with van der Waals surface area (Å²) in [6.45, 7) is 5.03. The molecule has 1 aliphatic carbocycles. The van der Waals surface area contributed by atoms with Crippen molar-refractivity contribution in [2.45, 2.75) is 51.9 Å². The molecule has 0 bridgehead atoms. The third kappa shape index (κ3) is 4.37. The highest BCUT2D eigenvalue weighted by Gasteiger charge is 2.20. The minimum atomic E-state index is 0.0151. The summed E-state index contributed by atoms with van der Waals surface area (Å²) in [7, 11) is 0. The van der Waals surface area contributed by atoms with Crippen molar-refractivity contribution in [1.29, 1.82) is 0 Å². The smallest absolute Gasteiger partial charge is 0.252 e. The zero-order chi connectivity index (χ0) is 19.3. The molecule has 1 amide bonds. The number of piperidine rings is 1. The second-order valence-corrected chi connectivity index (χ2v) is 8.35. The minimum absolute atomic E-state index is 0.0151. The Morgan fingerprint density at radius 1 is 1.25 bits per heavy atom. The Morgan fingerprint density at radius 2 is 2.14 bits per heavy atom. The van der Waals surface area contributed by atoms with E-state index in [4.69, 9.17) is 4.98 Å². The van der Waals surface area contributed by atoms with E-state index in [1.54, 1.807) is 0 Å². The first-order valence-electron chi connectivity index (χ1n) is 10.8. The van der Waals surface area contributed by atoms with Crippen molar-refractivity contribution < 1.29 is 4.79 Å². The number of hydrogen-bond donors (Lipinski definition) is 1. The van der Waals surface area contributed by atoms with Crippen LogP contribution in [0.25, 0.3) is 10.9 Å². The van der Waals surface area contributed by atoms with E-state index in [2.05, 4.69) is 23.2 Å². The van der Waals surface area contributed by atoms with Crippen LogP contribution in [-0.2, 0) is 0 Å². The number of allylic oxidation sites excluding steroid dienone is 1. The summed E-state index contributed by atoms with van der Waals surface area (Å²) in [5.41, 5.74) is 3.14. The van der Waals surface area contributed by atoms with Gasteiger partial charge in [0, 0.05) is 25.0 Å². The molecule has 0 radical (unpaired) electrons. The summed E-state index contributed by atoms with van der Waals surface area (Å²) in [5.74, 6) is 1.62. The van der Waals surface area contributed by atoms with E-state index in [1.165, 1.54) is 44.1 Å². The maximum atomic E-state index is 13.0. The summed E-state index contributed by atoms with van der Waals surface area (Å²) in [6.07, 6.45) is 10.7. The molecule has 1 aliphatic heterocycles. The number of fused-ring (bicyclic) bond motifs is 1. The third-order valence-electron chi connectivity index (χ3n) is 6.04. The highest BCUT2D eigenvalue weighted by molar-refractivity contribution is 6.07. The van der Waals surface area contributed by atoms with Crippen molar-refractivity contribution in [2.24, 2.45) is 5.92 Å². The molecule has 4 heteroatoms. The summed E-state index contributed by atoms with van der Waals surface area (Å²) < 4.78 is 0. The van der Waals surface area contributed by atoms with Crippen LogP contribution in [0.5, 0.6) is 0 Å². The summed E-state index contributed by atoms with van der Waals surface area (Å²) in [5, 5.41) is 4.09. The average Bonchev–Trinajstić information content (AvgIpc) is 2.73. The number of nitrogens with zero attached hydrogens (tertiary/aromatic N) is 2. The lowest BCUT2D eigenvalue weighted by Crippen LogP contribution is -2.35. The monoisotopic (exact) mass is 377 g/mol. The molecule has 4 nitrogen and oxygen atoms in total. The van der Waals surface area contributed by atoms with E-state index in [1.807, 2.05) is 30.3 Å². The molecule has 2 aliphatic rings. The first-order valence-corrected chi connectivity index (χ1v) is 10.8. The quantitative estimate of drug-likeness (QED) is 0.738. The number of pyridine rings is 1. The van der Waals surface area contributed by atoms with Gasteiger partial charge in [-0.05, 0) is 63.0 Å². The van der Waals surface area contributed by atoms with Gasteiger partial charge in [-0.1, -0.05) is 36.8 Å². The molecular weight excluding hydrogens is 346 g/mol. The van der Waals surface area contributed by atoms with Crippen molar-refractivity contribution in [2.75, 3.05) is 24.5 Å². The number of benzene rings is 1. The van der Waals surface area contributed by atoms with Gasteiger partial charge in [-0.15, -0.1) is 0 Å². The van der Waals surface area contributed by atoms with Gasteiger partial charge in [-0.2, -0.15) is 0 Å². The van der Waals surface area contributed by atoms with Crippen LogP contribution in [0, 0.1) is 5.92 Å². The van der Waals surface area contributed by atoms with Crippen LogP contribution in [0.1, 0.15) is 62.2 Å². The fourth-order valence-electron chi connectivity index (χ4n) is 4.47. The number of para-hydroxylation sites is 1. The lowest BCUT2D eigenvalue weighted by Gasteiger charge is -2.32. The van der Waals surface area contributed by atoms with E-state index in [0.717, 1.165) is 41.8 Å². The number of amides is 1. The number of carbonyl (C=O) groups is 1. The molecule has 2 heterocycles. The van der Waals surface area contributed by atoms with Crippen LogP contribution in [0.4, 0.5) is 5.82 Å². The van der Waals surface area contributed by atoms with Gasteiger partial charge < -0.3 is 10.2 Å². The zero-order valence-corrected chi connectivity index (χ0v) is 16.9. The average molecular weight is 378 g/mol. The van der Waals surface area contributed by atoms with Crippen LogP contribution in [0.3, 0.4) is 0 Å². The van der Waals surface area contributed by atoms with E-state index in [-0.39, 0.29) is 5.91 Å². The van der Waals surface area contributed by atoms with E-state index >= 15 is 0 Å². The van der Waals surface area contributed by atoms with Crippen LogP contribution in [0.15, 0.2) is 42.0 Å². The van der Waals surface area contributed by atoms with Gasteiger partial charge in [0.2, 0.25) is 0 Å². The third-order valence-corrected chi connectivity index (χ3v) is 6.04. The maximum absolute atomic E-state index is 13.0. The lowest BCUT2D eigenvalue weighted by atomic mass is 9.97. The second-order valence-electron chi connectivity index (χ2n) is 8.35. The molecule has 0 spiro atoms. The molecule has 1 N–H and O–H groups in total. The largest absolute Gasteiger partial charge is 0.356 e. The fourth-order valence-corrected chi connectivity index (χ4v) is 4.47. The molecule has 1 saturated heterocycles. The van der Waals surface area contributed by atoms with Crippen LogP contribution in [0.2, 0.25) is 0 Å². The minimum Gasteiger partial charge on any atom is -0.356 e. The molecule has 1 atom stereocenters. The van der Waals surface area contributed by atoms with E-state index in [0.29, 0.717) is 12.5 Å². The maximum Gasteiger partial charge on any atom is 0.252 e. The topological polar surface area (TPSA) is 45.2 Å². The Bertz CT molecular complexity index is 873. The molecule has 2 aromatic rings. The predicted molar refractivity (Wildman–Crippen MR) is 116 cm³/mol. The molecule has 28 heavy (non-hydrogen) atoms. The number of anilines is 1. The van der Waals surface area contributed by atoms with Gasteiger partial charge in [-0.3, -0.25) is 4.79 Å². The number of rotatable bonds is 5. The number of hydrogen-bond acceptors (Lipinski definition) is 3. The van der Waals surface area contributed by atoms with Gasteiger partial charge in [0.05, 0.1) is 11.1 Å². The Morgan fingerprint density at radius 3 is 2.96 bits per heavy atom. The lowest BCUT2D eigenvalue weighted by molar-refractivity contribution is 0.0955. The van der Waals surface area contributed by atoms with Crippen LogP contribution in [-0.4, -0.2) is 30.5 Å². The molecule has 1 aromatic carbocycles. The fraction of sp³-hybridized carbons (Fsp3) is 0.500. The van der Waals surface area contributed by atoms with Crippen molar-refractivity contribution >= 4 is 22.6 Å². The SMILES string of the molecule is C[C@H]1CCCN(c2cc(C(=O)NCCC3=CCCCC3)c3ccccc3n2)C1. The van der Waals surface area contributed by atoms with Gasteiger partial charge >= 0.3 is 0 Å². The Labute approximate surface area is 168 Å². The molecule has 0 saturated carbocycles. The van der Waals surface area contributed by atoms with Gasteiger partial charge in [0.25, 0.3) is 5.91 Å². The summed E-state index contributed by atoms with van der Waals surface area (Å²) in [6, 6.07) is 9.99. The van der Waals surface area contributed by atoms with E-state index < -0.39 is 0 Å². The van der Waals surface area contributed by atoms with Crippen molar-refractivity contribution in [3.8, 4) is 0 Å². The van der Waals surface area contributed by atoms with Gasteiger partial charge in [0.1, 0.15) is 5.82 Å². The number of aromatic nitrogens is 1. The molecule has 148 valence electrons. The van der Waals surface area contributed by atoms with Gasteiger partial charge in [-0.25, -0.2) is 4.98 Å². The highest BCUT2D eigenvalue weighted by atomic mass is 16.1. The first kappa shape index (κ1) is 19.0. The first-order chi connectivity index (χ1) is 13.7. The summed E-state index contributed by atoms with van der Waals surface area (Å²) >= 11 is 0. The molecule has 4 rings (SSSR count). The Kier molecular flexibility index (Phi) is 5.94. The highest BCUT2D eigenvalue weighted by Crippen LogP contribution is 2.27. The van der Waals surface area contributed by atoms with Crippen LogP contribution >= 0.6 is 0 Å². The number of nitrogens with one attached hydrogen (secondary N) is 1. The standard InChI is InChI=1S/C24H31N3O/c1-18-8-7-15-27(17-18)23-16-21(20-11-5-6-12-22(20)26-23)24(28)25-14-13-19-9-3-2-4-10-19/h5-6,9,11-12,16,18H,2-4,7-8,10,13-15,17H2,1H3,(H,25,28)/t18-/m0/s1. The number of carbonyl (C=O) groups excluding carboxylic acids is 1. The van der Waals surface area contributed by atoms with Gasteiger partial charge in [0.15, 0.2) is 0 Å². The van der Waals surface area contributed by atoms with Crippen LogP contribution < -0.4 is 10.2 Å². The van der Waals surface area contributed by atoms with Crippen molar-refractivity contribution in [1.82, 2.24) is 10.3 Å².